The molecule has 0 atom stereocenters. The van der Waals surface area contributed by atoms with E-state index in [1.54, 1.807) is 0 Å². The number of anilines is 1. The normalized spacial score (nSPS) is 11.0. The molecule has 0 aliphatic heterocycles. The van der Waals surface area contributed by atoms with Crippen molar-refractivity contribution in [2.24, 2.45) is 5.92 Å². The molecule has 1 aromatic carbocycles. The van der Waals surface area contributed by atoms with Gasteiger partial charge in [-0.1, -0.05) is 25.4 Å². The fourth-order valence-electron chi connectivity index (χ4n) is 1.73. The number of hydrogen-bond acceptors (Lipinski definition) is 3. The Morgan fingerprint density at radius 3 is 2.95 bits per heavy atom. The zero-order chi connectivity index (χ0) is 13.8. The zero-order valence-electron chi connectivity index (χ0n) is 10.9. The van der Waals surface area contributed by atoms with Crippen molar-refractivity contribution in [2.45, 2.75) is 26.9 Å². The van der Waals surface area contributed by atoms with Crippen LogP contribution in [0.2, 0.25) is 5.02 Å². The van der Waals surface area contributed by atoms with Gasteiger partial charge in [0.25, 0.3) is 0 Å². The third-order valence-corrected chi connectivity index (χ3v) is 2.93. The Hall–Kier alpha value is -1.62. The first-order valence-corrected chi connectivity index (χ1v) is 6.49. The summed E-state index contributed by atoms with van der Waals surface area (Å²) in [5.41, 5.74) is 0.556. The Morgan fingerprint density at radius 1 is 1.42 bits per heavy atom. The van der Waals surface area contributed by atoms with Crippen LogP contribution in [0.15, 0.2) is 24.5 Å². The van der Waals surface area contributed by atoms with Crippen molar-refractivity contribution in [1.29, 1.82) is 0 Å². The average molecular weight is 283 g/mol. The fourth-order valence-corrected chi connectivity index (χ4v) is 1.91. The molecule has 1 N–H and O–H groups in total. The maximum atomic E-state index is 13.1. The fraction of sp³-hybridized carbons (Fsp3) is 0.385. The van der Waals surface area contributed by atoms with Gasteiger partial charge in [0, 0.05) is 6.54 Å². The molecule has 2 rings (SSSR count). The highest BCUT2D eigenvalue weighted by molar-refractivity contribution is 6.33. The second-order valence-electron chi connectivity index (χ2n) is 4.73. The molecule has 0 amide bonds. The van der Waals surface area contributed by atoms with Gasteiger partial charge in [0.2, 0.25) is 0 Å². The zero-order valence-corrected chi connectivity index (χ0v) is 11.7. The maximum absolute atomic E-state index is 13.1. The van der Waals surface area contributed by atoms with Crippen LogP contribution in [-0.4, -0.2) is 14.8 Å². The van der Waals surface area contributed by atoms with Gasteiger partial charge >= 0.3 is 0 Å². The smallest absolute Gasteiger partial charge is 0.146 e. The van der Waals surface area contributed by atoms with Crippen LogP contribution in [0, 0.1) is 11.7 Å². The molecular formula is C13H16ClFN4. The number of benzene rings is 1. The minimum Gasteiger partial charge on any atom is -0.376 e. The number of nitrogens with zero attached hydrogens (tertiary/aromatic N) is 3. The van der Waals surface area contributed by atoms with Crippen LogP contribution in [0.3, 0.4) is 0 Å². The molecule has 0 saturated heterocycles. The number of rotatable bonds is 5. The summed E-state index contributed by atoms with van der Waals surface area (Å²) in [4.78, 5) is 4.19. The van der Waals surface area contributed by atoms with Gasteiger partial charge < -0.3 is 5.32 Å². The summed E-state index contributed by atoms with van der Waals surface area (Å²) in [6.07, 6.45) is 1.52. The molecule has 0 fully saturated rings. The van der Waals surface area contributed by atoms with Crippen molar-refractivity contribution in [2.75, 3.05) is 5.32 Å². The Kier molecular flexibility index (Phi) is 4.37. The molecule has 19 heavy (non-hydrogen) atoms. The summed E-state index contributed by atoms with van der Waals surface area (Å²) in [7, 11) is 0. The third-order valence-electron chi connectivity index (χ3n) is 2.60. The van der Waals surface area contributed by atoms with Gasteiger partial charge in [-0.2, -0.15) is 5.10 Å². The molecule has 0 bridgehead atoms. The summed E-state index contributed by atoms with van der Waals surface area (Å²) < 4.78 is 15.0. The van der Waals surface area contributed by atoms with E-state index < -0.39 is 0 Å². The lowest BCUT2D eigenvalue weighted by Crippen LogP contribution is -2.13. The van der Waals surface area contributed by atoms with E-state index in [9.17, 15) is 4.39 Å². The Balaban J connectivity index is 2.06. The molecular weight excluding hydrogens is 267 g/mol. The highest BCUT2D eigenvalue weighted by Gasteiger charge is 2.07. The lowest BCUT2D eigenvalue weighted by Gasteiger charge is -2.11. The second-order valence-corrected chi connectivity index (χ2v) is 5.14. The Bertz CT molecular complexity index is 553. The van der Waals surface area contributed by atoms with Crippen molar-refractivity contribution in [1.82, 2.24) is 14.8 Å². The van der Waals surface area contributed by atoms with Crippen molar-refractivity contribution in [3.8, 4) is 0 Å². The molecule has 102 valence electrons. The van der Waals surface area contributed by atoms with Crippen LogP contribution in [0.1, 0.15) is 19.7 Å². The molecule has 4 nitrogen and oxygen atoms in total. The predicted molar refractivity (Wildman–Crippen MR) is 73.6 cm³/mol. The molecule has 0 saturated carbocycles. The van der Waals surface area contributed by atoms with E-state index in [1.807, 2.05) is 4.68 Å². The van der Waals surface area contributed by atoms with Crippen LogP contribution in [-0.2, 0) is 13.1 Å². The van der Waals surface area contributed by atoms with E-state index in [0.29, 0.717) is 23.2 Å². The summed E-state index contributed by atoms with van der Waals surface area (Å²) in [5.74, 6) is 0.961. The van der Waals surface area contributed by atoms with Crippen molar-refractivity contribution in [3.05, 3.63) is 41.2 Å². The molecule has 2 aromatic rings. The lowest BCUT2D eigenvalue weighted by molar-refractivity contribution is 0.468. The second kappa shape index (κ2) is 6.02. The van der Waals surface area contributed by atoms with E-state index in [4.69, 9.17) is 11.6 Å². The monoisotopic (exact) mass is 282 g/mol. The van der Waals surface area contributed by atoms with Crippen molar-refractivity contribution >= 4 is 17.3 Å². The van der Waals surface area contributed by atoms with Gasteiger partial charge in [-0.3, -0.25) is 0 Å². The van der Waals surface area contributed by atoms with Gasteiger partial charge in [0.05, 0.1) is 17.3 Å². The van der Waals surface area contributed by atoms with Crippen LogP contribution in [0.5, 0.6) is 0 Å². The van der Waals surface area contributed by atoms with Crippen molar-refractivity contribution < 1.29 is 4.39 Å². The standard InChI is InChI=1S/C13H16ClFN4/c1-9(2)7-19-13(17-8-18-19)6-16-12-5-10(15)3-4-11(12)14/h3-5,8-9,16H,6-7H2,1-2H3. The maximum Gasteiger partial charge on any atom is 0.146 e. The van der Waals surface area contributed by atoms with E-state index >= 15 is 0 Å². The van der Waals surface area contributed by atoms with Gasteiger partial charge in [-0.15, -0.1) is 0 Å². The van der Waals surface area contributed by atoms with Gasteiger partial charge in [0.15, 0.2) is 0 Å². The highest BCUT2D eigenvalue weighted by Crippen LogP contribution is 2.22. The van der Waals surface area contributed by atoms with Crippen LogP contribution < -0.4 is 5.32 Å². The molecule has 0 radical (unpaired) electrons. The van der Waals surface area contributed by atoms with E-state index in [1.165, 1.54) is 24.5 Å². The van der Waals surface area contributed by atoms with Crippen LogP contribution in [0.25, 0.3) is 0 Å². The summed E-state index contributed by atoms with van der Waals surface area (Å²) in [6.45, 7) is 5.48. The molecule has 1 heterocycles. The summed E-state index contributed by atoms with van der Waals surface area (Å²) in [5, 5.41) is 7.72. The molecule has 6 heteroatoms. The van der Waals surface area contributed by atoms with Gasteiger partial charge in [-0.25, -0.2) is 14.1 Å². The van der Waals surface area contributed by atoms with E-state index in [2.05, 4.69) is 29.2 Å². The Labute approximate surface area is 116 Å². The minimum absolute atomic E-state index is 0.324. The molecule has 1 aromatic heterocycles. The molecule has 0 spiro atoms. The largest absolute Gasteiger partial charge is 0.376 e. The summed E-state index contributed by atoms with van der Waals surface area (Å²) in [6, 6.07) is 4.22. The number of aromatic nitrogens is 3. The van der Waals surface area contributed by atoms with Crippen LogP contribution >= 0.6 is 11.6 Å². The predicted octanol–water partition coefficient (Wildman–Crippen LogP) is 3.34. The highest BCUT2D eigenvalue weighted by atomic mass is 35.5. The van der Waals surface area contributed by atoms with Crippen LogP contribution in [0.4, 0.5) is 10.1 Å². The molecule has 0 unspecified atom stereocenters. The van der Waals surface area contributed by atoms with E-state index in [0.717, 1.165) is 12.4 Å². The quantitative estimate of drug-likeness (QED) is 0.915. The number of nitrogens with one attached hydrogen (secondary N) is 1. The van der Waals surface area contributed by atoms with E-state index in [-0.39, 0.29) is 5.82 Å². The third kappa shape index (κ3) is 3.67. The number of halogens is 2. The summed E-state index contributed by atoms with van der Waals surface area (Å²) >= 11 is 5.99. The first-order valence-electron chi connectivity index (χ1n) is 6.12. The first kappa shape index (κ1) is 13.8. The first-order chi connectivity index (χ1) is 9.06. The van der Waals surface area contributed by atoms with Crippen molar-refractivity contribution in [3.63, 3.8) is 0 Å². The topological polar surface area (TPSA) is 42.7 Å². The van der Waals surface area contributed by atoms with Gasteiger partial charge in [0.1, 0.15) is 18.0 Å². The lowest BCUT2D eigenvalue weighted by atomic mass is 10.2. The SMILES string of the molecule is CC(C)Cn1ncnc1CNc1cc(F)ccc1Cl. The Morgan fingerprint density at radius 2 is 2.21 bits per heavy atom. The molecule has 0 aliphatic rings. The average Bonchev–Trinajstić information content (AvgIpc) is 2.77. The molecule has 0 aliphatic carbocycles. The minimum atomic E-state index is -0.324. The number of hydrogen-bond donors (Lipinski definition) is 1. The van der Waals surface area contributed by atoms with Gasteiger partial charge in [-0.05, 0) is 24.1 Å².